The van der Waals surface area contributed by atoms with Gasteiger partial charge >= 0.3 is 11.7 Å². The molecule has 0 unspecified atom stereocenters. The third-order valence-electron chi connectivity index (χ3n) is 5.71. The van der Waals surface area contributed by atoms with Crippen LogP contribution in [0.15, 0.2) is 52.4 Å². The van der Waals surface area contributed by atoms with Gasteiger partial charge in [-0.2, -0.15) is 0 Å². The van der Waals surface area contributed by atoms with Gasteiger partial charge in [0.2, 0.25) is 0 Å². The highest BCUT2D eigenvalue weighted by atomic mass is 16.5. The Kier molecular flexibility index (Phi) is 5.94. The van der Waals surface area contributed by atoms with Crippen LogP contribution in [0.5, 0.6) is 0 Å². The number of aromatic nitrogens is 4. The third-order valence-corrected chi connectivity index (χ3v) is 5.71. The smallest absolute Gasteiger partial charge is 0.332 e. The molecule has 0 amide bonds. The molecule has 0 aliphatic carbocycles. The molecule has 0 radical (unpaired) electrons. The van der Waals surface area contributed by atoms with Crippen LogP contribution in [0.3, 0.4) is 0 Å². The van der Waals surface area contributed by atoms with E-state index >= 15 is 0 Å². The first-order chi connectivity index (χ1) is 15.4. The number of esters is 1. The van der Waals surface area contributed by atoms with Gasteiger partial charge in [0.15, 0.2) is 0 Å². The standard InChI is InChI=1S/C24H26N4O4/c1-4-5-11-32-21(29)15-28-23(30)18-9-10-25-12-20(18)27(24(28)31)14-17-13-26(3)19-8-6-7-16(2)22(17)19/h6-10,12-13H,4-5,11,14-15H2,1-3H3. The molecule has 0 aliphatic rings. The van der Waals surface area contributed by atoms with Crippen molar-refractivity contribution in [2.24, 2.45) is 7.05 Å². The second-order valence-electron chi connectivity index (χ2n) is 7.96. The third kappa shape index (κ3) is 3.84. The van der Waals surface area contributed by atoms with Gasteiger partial charge < -0.3 is 9.30 Å². The summed E-state index contributed by atoms with van der Waals surface area (Å²) in [6, 6.07) is 7.63. The van der Waals surface area contributed by atoms with Crippen molar-refractivity contribution in [3.63, 3.8) is 0 Å². The molecule has 166 valence electrons. The monoisotopic (exact) mass is 434 g/mol. The lowest BCUT2D eigenvalue weighted by Gasteiger charge is -2.14. The molecule has 1 aromatic carbocycles. The number of unbranched alkanes of at least 4 members (excludes halogenated alkanes) is 1. The van der Waals surface area contributed by atoms with E-state index in [1.165, 1.54) is 17.0 Å². The Balaban J connectivity index is 1.84. The van der Waals surface area contributed by atoms with Crippen LogP contribution in [0.25, 0.3) is 21.8 Å². The highest BCUT2D eigenvalue weighted by Gasteiger charge is 2.18. The molecule has 0 spiro atoms. The van der Waals surface area contributed by atoms with Gasteiger partial charge in [-0.15, -0.1) is 0 Å². The minimum atomic E-state index is -0.599. The number of carbonyl (C=O) groups is 1. The summed E-state index contributed by atoms with van der Waals surface area (Å²) in [5, 5.41) is 1.40. The molecule has 8 nitrogen and oxygen atoms in total. The molecule has 3 aromatic heterocycles. The van der Waals surface area contributed by atoms with Gasteiger partial charge in [-0.05, 0) is 36.6 Å². The lowest BCUT2D eigenvalue weighted by Crippen LogP contribution is -2.42. The molecule has 3 heterocycles. The van der Waals surface area contributed by atoms with Crippen molar-refractivity contribution in [1.82, 2.24) is 18.7 Å². The summed E-state index contributed by atoms with van der Waals surface area (Å²) in [5.41, 5.74) is 2.45. The molecule has 0 aliphatic heterocycles. The summed E-state index contributed by atoms with van der Waals surface area (Å²) in [6.45, 7) is 4.11. The Morgan fingerprint density at radius 3 is 2.72 bits per heavy atom. The lowest BCUT2D eigenvalue weighted by molar-refractivity contribution is -0.144. The van der Waals surface area contributed by atoms with Crippen LogP contribution in [-0.2, 0) is 29.7 Å². The first-order valence-corrected chi connectivity index (χ1v) is 10.7. The predicted molar refractivity (Wildman–Crippen MR) is 123 cm³/mol. The first kappa shape index (κ1) is 21.5. The molecule has 32 heavy (non-hydrogen) atoms. The quantitative estimate of drug-likeness (QED) is 0.330. The van der Waals surface area contributed by atoms with E-state index in [2.05, 4.69) is 4.98 Å². The van der Waals surface area contributed by atoms with Gasteiger partial charge in [-0.1, -0.05) is 25.5 Å². The molecular weight excluding hydrogens is 408 g/mol. The van der Waals surface area contributed by atoms with Crippen molar-refractivity contribution in [2.75, 3.05) is 6.61 Å². The van der Waals surface area contributed by atoms with Gasteiger partial charge in [-0.25, -0.2) is 9.36 Å². The summed E-state index contributed by atoms with van der Waals surface area (Å²) in [4.78, 5) is 42.8. The summed E-state index contributed by atoms with van der Waals surface area (Å²) in [6.07, 6.45) is 6.62. The zero-order valence-electron chi connectivity index (χ0n) is 18.5. The number of aryl methyl sites for hydroxylation is 2. The summed E-state index contributed by atoms with van der Waals surface area (Å²) < 4.78 is 9.66. The van der Waals surface area contributed by atoms with Crippen LogP contribution in [0, 0.1) is 6.92 Å². The maximum absolute atomic E-state index is 13.4. The van der Waals surface area contributed by atoms with Crippen LogP contribution >= 0.6 is 0 Å². The van der Waals surface area contributed by atoms with Crippen molar-refractivity contribution in [1.29, 1.82) is 0 Å². The van der Waals surface area contributed by atoms with Gasteiger partial charge in [0.25, 0.3) is 5.56 Å². The normalized spacial score (nSPS) is 11.3. The SMILES string of the molecule is CCCCOC(=O)Cn1c(=O)c2ccncc2n(Cc2cn(C)c3cccc(C)c23)c1=O. The number of fused-ring (bicyclic) bond motifs is 2. The Labute approximate surface area is 184 Å². The number of pyridine rings is 1. The van der Waals surface area contributed by atoms with E-state index in [0.717, 1.165) is 39.4 Å². The number of benzene rings is 1. The van der Waals surface area contributed by atoms with E-state index in [0.29, 0.717) is 10.9 Å². The van der Waals surface area contributed by atoms with Gasteiger partial charge in [0.05, 0.1) is 30.3 Å². The highest BCUT2D eigenvalue weighted by molar-refractivity contribution is 5.87. The maximum atomic E-state index is 13.4. The van der Waals surface area contributed by atoms with E-state index in [1.807, 2.05) is 49.9 Å². The molecule has 0 N–H and O–H groups in total. The van der Waals surface area contributed by atoms with Crippen molar-refractivity contribution in [3.8, 4) is 0 Å². The number of hydrogen-bond acceptors (Lipinski definition) is 5. The van der Waals surface area contributed by atoms with Gasteiger partial charge in [-0.3, -0.25) is 19.1 Å². The zero-order valence-corrected chi connectivity index (χ0v) is 18.5. The van der Waals surface area contributed by atoms with Crippen molar-refractivity contribution in [3.05, 3.63) is 74.8 Å². The van der Waals surface area contributed by atoms with E-state index in [4.69, 9.17) is 4.74 Å². The Morgan fingerprint density at radius 1 is 1.12 bits per heavy atom. The maximum Gasteiger partial charge on any atom is 0.332 e. The molecule has 0 fully saturated rings. The van der Waals surface area contributed by atoms with Gasteiger partial charge in [0.1, 0.15) is 6.54 Å². The number of nitrogens with zero attached hydrogens (tertiary/aromatic N) is 4. The predicted octanol–water partition coefficient (Wildman–Crippen LogP) is 2.75. The molecule has 4 aromatic rings. The zero-order chi connectivity index (χ0) is 22.8. The molecular formula is C24H26N4O4. The van der Waals surface area contributed by atoms with Gasteiger partial charge in [0, 0.05) is 30.3 Å². The van der Waals surface area contributed by atoms with Crippen molar-refractivity contribution >= 4 is 27.8 Å². The number of rotatable bonds is 7. The largest absolute Gasteiger partial charge is 0.464 e. The average Bonchev–Trinajstić information content (AvgIpc) is 3.11. The van der Waals surface area contributed by atoms with Crippen LogP contribution in [0.1, 0.15) is 30.9 Å². The molecule has 0 atom stereocenters. The van der Waals surface area contributed by atoms with E-state index in [1.54, 1.807) is 6.07 Å². The summed E-state index contributed by atoms with van der Waals surface area (Å²) in [5.74, 6) is -0.599. The van der Waals surface area contributed by atoms with E-state index < -0.39 is 23.8 Å². The van der Waals surface area contributed by atoms with E-state index in [-0.39, 0.29) is 13.2 Å². The fourth-order valence-electron chi connectivity index (χ4n) is 4.08. The summed E-state index contributed by atoms with van der Waals surface area (Å²) in [7, 11) is 1.96. The number of carbonyl (C=O) groups excluding carboxylic acids is 1. The molecule has 8 heteroatoms. The minimum Gasteiger partial charge on any atom is -0.464 e. The van der Waals surface area contributed by atoms with Crippen LogP contribution in [-0.4, -0.2) is 31.3 Å². The molecule has 0 saturated carbocycles. The Bertz CT molecular complexity index is 1430. The van der Waals surface area contributed by atoms with Crippen molar-refractivity contribution < 1.29 is 9.53 Å². The second kappa shape index (κ2) is 8.82. The fraction of sp³-hybridized carbons (Fsp3) is 0.333. The molecule has 4 rings (SSSR count). The van der Waals surface area contributed by atoms with Crippen LogP contribution in [0.4, 0.5) is 0 Å². The average molecular weight is 434 g/mol. The number of ether oxygens (including phenoxy) is 1. The topological polar surface area (TPSA) is 88.1 Å². The first-order valence-electron chi connectivity index (χ1n) is 10.7. The Morgan fingerprint density at radius 2 is 1.94 bits per heavy atom. The van der Waals surface area contributed by atoms with Crippen LogP contribution < -0.4 is 11.2 Å². The number of hydrogen-bond donors (Lipinski definition) is 0. The van der Waals surface area contributed by atoms with Crippen LogP contribution in [0.2, 0.25) is 0 Å². The Hall–Kier alpha value is -3.68. The minimum absolute atomic E-state index is 0.244. The fourth-order valence-corrected chi connectivity index (χ4v) is 4.08. The second-order valence-corrected chi connectivity index (χ2v) is 7.96. The summed E-state index contributed by atoms with van der Waals surface area (Å²) >= 11 is 0. The van der Waals surface area contributed by atoms with E-state index in [9.17, 15) is 14.4 Å². The highest BCUT2D eigenvalue weighted by Crippen LogP contribution is 2.25. The molecule has 0 bridgehead atoms. The lowest BCUT2D eigenvalue weighted by atomic mass is 10.1. The van der Waals surface area contributed by atoms with Crippen molar-refractivity contribution in [2.45, 2.75) is 39.8 Å². The molecule has 0 saturated heterocycles.